The van der Waals surface area contributed by atoms with Crippen molar-refractivity contribution in [3.8, 4) is 0 Å². The first-order valence-electron chi connectivity index (χ1n) is 4.39. The maximum Gasteiger partial charge on any atom is -0.00748 e. The van der Waals surface area contributed by atoms with E-state index in [1.54, 1.807) is 0 Å². The van der Waals surface area contributed by atoms with E-state index in [0.29, 0.717) is 0 Å². The molecule has 0 aromatic rings. The highest BCUT2D eigenvalue weighted by molar-refractivity contribution is 4.42. The van der Waals surface area contributed by atoms with Crippen LogP contribution >= 0.6 is 0 Å². The quantitative estimate of drug-likeness (QED) is 0.649. The molecule has 0 spiro atoms. The summed E-state index contributed by atoms with van der Waals surface area (Å²) in [5, 5.41) is 0. The molecule has 0 fully saturated rings. The summed E-state index contributed by atoms with van der Waals surface area (Å²) in [7, 11) is 0. The molecular weight excluding hydrogens is 122 g/mol. The van der Waals surface area contributed by atoms with Gasteiger partial charge < -0.3 is 5.73 Å². The first-order chi connectivity index (χ1) is 4.68. The number of nitrogens with two attached hydrogens (primary N) is 1. The lowest BCUT2D eigenvalue weighted by atomic mass is 10.1. The summed E-state index contributed by atoms with van der Waals surface area (Å²) in [4.78, 5) is 0. The van der Waals surface area contributed by atoms with Crippen molar-refractivity contribution in [2.75, 3.05) is 6.54 Å². The Morgan fingerprint density at radius 3 is 1.50 bits per heavy atom. The van der Waals surface area contributed by atoms with Crippen molar-refractivity contribution in [2.45, 2.75) is 47.0 Å². The van der Waals surface area contributed by atoms with Crippen LogP contribution in [0.3, 0.4) is 0 Å². The van der Waals surface area contributed by atoms with Crippen molar-refractivity contribution in [2.24, 2.45) is 11.7 Å². The van der Waals surface area contributed by atoms with Gasteiger partial charge in [0, 0.05) is 0 Å². The van der Waals surface area contributed by atoms with E-state index >= 15 is 0 Å². The molecule has 1 heteroatoms. The van der Waals surface area contributed by atoms with Gasteiger partial charge in [-0.1, -0.05) is 40.5 Å². The third kappa shape index (κ3) is 24.6. The van der Waals surface area contributed by atoms with Crippen LogP contribution in [0.15, 0.2) is 0 Å². The van der Waals surface area contributed by atoms with Crippen molar-refractivity contribution in [1.82, 2.24) is 0 Å². The zero-order chi connectivity index (χ0) is 8.41. The van der Waals surface area contributed by atoms with Crippen molar-refractivity contribution < 1.29 is 0 Å². The SMILES string of the molecule is CC(C)CCN.CCCC. The predicted molar refractivity (Wildman–Crippen MR) is 49.1 cm³/mol. The minimum absolute atomic E-state index is 0.773. The molecule has 0 amide bonds. The highest BCUT2D eigenvalue weighted by atomic mass is 14.5. The standard InChI is InChI=1S/C5H13N.C4H10/c1-5(2)3-4-6;1-3-4-2/h5H,3-4,6H2,1-2H3;3-4H2,1-2H3. The first kappa shape index (κ1) is 12.6. The molecule has 0 saturated carbocycles. The Morgan fingerprint density at radius 1 is 1.10 bits per heavy atom. The monoisotopic (exact) mass is 145 g/mol. The minimum Gasteiger partial charge on any atom is -0.330 e. The smallest absolute Gasteiger partial charge is 0.00748 e. The van der Waals surface area contributed by atoms with Crippen molar-refractivity contribution >= 4 is 0 Å². The van der Waals surface area contributed by atoms with Crippen LogP contribution in [0, 0.1) is 5.92 Å². The second-order valence-electron chi connectivity index (χ2n) is 2.97. The van der Waals surface area contributed by atoms with Crippen LogP contribution in [0.25, 0.3) is 0 Å². The molecule has 1 nitrogen and oxygen atoms in total. The van der Waals surface area contributed by atoms with E-state index < -0.39 is 0 Å². The Morgan fingerprint density at radius 2 is 1.50 bits per heavy atom. The van der Waals surface area contributed by atoms with Gasteiger partial charge in [0.25, 0.3) is 0 Å². The van der Waals surface area contributed by atoms with Crippen molar-refractivity contribution in [3.05, 3.63) is 0 Å². The molecule has 0 heterocycles. The maximum absolute atomic E-state index is 5.23. The second-order valence-corrected chi connectivity index (χ2v) is 2.97. The van der Waals surface area contributed by atoms with Crippen molar-refractivity contribution in [1.29, 1.82) is 0 Å². The number of hydrogen-bond donors (Lipinski definition) is 1. The lowest BCUT2D eigenvalue weighted by molar-refractivity contribution is 0.596. The van der Waals surface area contributed by atoms with Gasteiger partial charge in [0.1, 0.15) is 0 Å². The van der Waals surface area contributed by atoms with Crippen LogP contribution in [-0.2, 0) is 0 Å². The topological polar surface area (TPSA) is 26.0 Å². The van der Waals surface area contributed by atoms with Gasteiger partial charge in [-0.2, -0.15) is 0 Å². The van der Waals surface area contributed by atoms with Crippen LogP contribution in [0.4, 0.5) is 0 Å². The third-order valence-electron chi connectivity index (χ3n) is 1.24. The van der Waals surface area contributed by atoms with E-state index in [-0.39, 0.29) is 0 Å². The molecule has 0 rings (SSSR count). The molecule has 10 heavy (non-hydrogen) atoms. The summed E-state index contributed by atoms with van der Waals surface area (Å²) >= 11 is 0. The fourth-order valence-electron chi connectivity index (χ4n) is 0.333. The Labute approximate surface area is 66.0 Å². The van der Waals surface area contributed by atoms with E-state index in [2.05, 4.69) is 27.7 Å². The lowest BCUT2D eigenvalue weighted by Gasteiger charge is -1.96. The summed E-state index contributed by atoms with van der Waals surface area (Å²) in [6.07, 6.45) is 3.79. The molecule has 64 valence electrons. The van der Waals surface area contributed by atoms with Gasteiger partial charge in [-0.25, -0.2) is 0 Å². The summed E-state index contributed by atoms with van der Waals surface area (Å²) < 4.78 is 0. The molecule has 0 bridgehead atoms. The van der Waals surface area contributed by atoms with Gasteiger partial charge in [0.05, 0.1) is 0 Å². The first-order valence-corrected chi connectivity index (χ1v) is 4.39. The maximum atomic E-state index is 5.23. The Bertz CT molecular complexity index is 40.0. The van der Waals surface area contributed by atoms with Crippen LogP contribution in [0.2, 0.25) is 0 Å². The average molecular weight is 145 g/mol. The van der Waals surface area contributed by atoms with Crippen LogP contribution in [0.5, 0.6) is 0 Å². The lowest BCUT2D eigenvalue weighted by Crippen LogP contribution is -2.01. The fraction of sp³-hybridized carbons (Fsp3) is 1.00. The van der Waals surface area contributed by atoms with E-state index in [1.165, 1.54) is 12.8 Å². The largest absolute Gasteiger partial charge is 0.330 e. The molecule has 2 N–H and O–H groups in total. The van der Waals surface area contributed by atoms with Gasteiger partial charge >= 0.3 is 0 Å². The van der Waals surface area contributed by atoms with Gasteiger partial charge in [-0.05, 0) is 18.9 Å². The normalized spacial score (nSPS) is 9.00. The van der Waals surface area contributed by atoms with Gasteiger partial charge in [-0.15, -0.1) is 0 Å². The number of rotatable bonds is 3. The molecule has 0 aromatic carbocycles. The number of unbranched alkanes of at least 4 members (excludes halogenated alkanes) is 1. The van der Waals surface area contributed by atoms with Gasteiger partial charge in [0.2, 0.25) is 0 Å². The van der Waals surface area contributed by atoms with Crippen LogP contribution in [-0.4, -0.2) is 6.54 Å². The summed E-state index contributed by atoms with van der Waals surface area (Å²) in [6.45, 7) is 9.54. The Balaban J connectivity index is 0. The zero-order valence-corrected chi connectivity index (χ0v) is 7.98. The summed E-state index contributed by atoms with van der Waals surface area (Å²) in [5.41, 5.74) is 5.23. The molecular formula is C9H23N. The molecule has 0 unspecified atom stereocenters. The minimum atomic E-state index is 0.773. The molecule has 0 aliphatic rings. The number of hydrogen-bond acceptors (Lipinski definition) is 1. The van der Waals surface area contributed by atoms with Gasteiger partial charge in [0.15, 0.2) is 0 Å². The zero-order valence-electron chi connectivity index (χ0n) is 7.98. The highest BCUT2D eigenvalue weighted by Gasteiger charge is 1.85. The Kier molecular flexibility index (Phi) is 14.8. The van der Waals surface area contributed by atoms with E-state index in [0.717, 1.165) is 18.9 Å². The van der Waals surface area contributed by atoms with Crippen molar-refractivity contribution in [3.63, 3.8) is 0 Å². The van der Waals surface area contributed by atoms with E-state index in [9.17, 15) is 0 Å². The third-order valence-corrected chi connectivity index (χ3v) is 1.24. The predicted octanol–water partition coefficient (Wildman–Crippen LogP) is 2.80. The van der Waals surface area contributed by atoms with E-state index in [1.807, 2.05) is 0 Å². The van der Waals surface area contributed by atoms with Crippen LogP contribution in [0.1, 0.15) is 47.0 Å². The second kappa shape index (κ2) is 11.7. The summed E-state index contributed by atoms with van der Waals surface area (Å²) in [5.74, 6) is 0.773. The van der Waals surface area contributed by atoms with Gasteiger partial charge in [-0.3, -0.25) is 0 Å². The Hall–Kier alpha value is -0.0400. The molecule has 0 aliphatic carbocycles. The fourth-order valence-corrected chi connectivity index (χ4v) is 0.333. The average Bonchev–Trinajstić information content (AvgIpc) is 1.89. The highest BCUT2D eigenvalue weighted by Crippen LogP contribution is 1.93. The summed E-state index contributed by atoms with van der Waals surface area (Å²) in [6, 6.07) is 0. The van der Waals surface area contributed by atoms with Crippen LogP contribution < -0.4 is 5.73 Å². The molecule has 0 aromatic heterocycles. The molecule has 0 radical (unpaired) electrons. The molecule has 0 saturated heterocycles. The van der Waals surface area contributed by atoms with E-state index in [4.69, 9.17) is 5.73 Å². The molecule has 0 aliphatic heterocycles. The molecule has 0 atom stereocenters.